The maximum atomic E-state index is 3.30. The standard InChI is InChI=1S/C11H11NS/c1-2-9(10-6-12-7-10)5-11-8(1)3-4-13-11/h1-5,10,12H,6-7H2. The van der Waals surface area contributed by atoms with Crippen LogP contribution in [0.4, 0.5) is 0 Å². The molecule has 1 aromatic carbocycles. The number of rotatable bonds is 1. The van der Waals surface area contributed by atoms with Crippen molar-refractivity contribution in [3.05, 3.63) is 35.2 Å². The molecule has 1 saturated heterocycles. The third kappa shape index (κ3) is 1.18. The summed E-state index contributed by atoms with van der Waals surface area (Å²) in [4.78, 5) is 0. The molecule has 0 unspecified atom stereocenters. The molecule has 0 amide bonds. The van der Waals surface area contributed by atoms with Crippen molar-refractivity contribution in [2.75, 3.05) is 13.1 Å². The first kappa shape index (κ1) is 7.54. The molecule has 13 heavy (non-hydrogen) atoms. The van der Waals surface area contributed by atoms with E-state index in [1.807, 2.05) is 11.3 Å². The van der Waals surface area contributed by atoms with Gasteiger partial charge in [-0.05, 0) is 28.5 Å². The lowest BCUT2D eigenvalue weighted by Gasteiger charge is -2.27. The van der Waals surface area contributed by atoms with Crippen molar-refractivity contribution >= 4 is 21.4 Å². The zero-order valence-corrected chi connectivity index (χ0v) is 8.10. The number of thiophene rings is 1. The van der Waals surface area contributed by atoms with Gasteiger partial charge < -0.3 is 5.32 Å². The summed E-state index contributed by atoms with van der Waals surface area (Å²) >= 11 is 1.83. The average Bonchev–Trinajstić information content (AvgIpc) is 2.47. The Balaban J connectivity index is 2.09. The van der Waals surface area contributed by atoms with Crippen LogP contribution in [-0.4, -0.2) is 13.1 Å². The first-order chi connectivity index (χ1) is 6.43. The second-order valence-corrected chi connectivity index (χ2v) is 4.52. The second-order valence-electron chi connectivity index (χ2n) is 3.57. The zero-order valence-electron chi connectivity index (χ0n) is 7.29. The Morgan fingerprint density at radius 1 is 1.23 bits per heavy atom. The van der Waals surface area contributed by atoms with Crippen LogP contribution in [0.2, 0.25) is 0 Å². The van der Waals surface area contributed by atoms with Gasteiger partial charge in [-0.1, -0.05) is 12.1 Å². The van der Waals surface area contributed by atoms with E-state index in [4.69, 9.17) is 0 Å². The molecule has 0 atom stereocenters. The van der Waals surface area contributed by atoms with Gasteiger partial charge in [-0.15, -0.1) is 11.3 Å². The molecule has 0 saturated carbocycles. The Kier molecular flexibility index (Phi) is 1.64. The molecule has 66 valence electrons. The quantitative estimate of drug-likeness (QED) is 0.727. The van der Waals surface area contributed by atoms with E-state index in [1.54, 1.807) is 0 Å². The van der Waals surface area contributed by atoms with E-state index in [0.717, 1.165) is 19.0 Å². The summed E-state index contributed by atoms with van der Waals surface area (Å²) in [5.41, 5.74) is 1.49. The van der Waals surface area contributed by atoms with Crippen molar-refractivity contribution in [1.29, 1.82) is 0 Å². The van der Waals surface area contributed by atoms with E-state index in [-0.39, 0.29) is 0 Å². The molecule has 0 aliphatic carbocycles. The maximum Gasteiger partial charge on any atom is 0.0345 e. The second kappa shape index (κ2) is 2.82. The Morgan fingerprint density at radius 3 is 2.92 bits per heavy atom. The molecule has 1 N–H and O–H groups in total. The Labute approximate surface area is 81.4 Å². The molecule has 0 spiro atoms. The normalized spacial score (nSPS) is 17.5. The number of fused-ring (bicyclic) bond motifs is 1. The van der Waals surface area contributed by atoms with Crippen LogP contribution in [-0.2, 0) is 0 Å². The third-order valence-corrected chi connectivity index (χ3v) is 3.61. The van der Waals surface area contributed by atoms with Crippen molar-refractivity contribution in [3.8, 4) is 0 Å². The van der Waals surface area contributed by atoms with Crippen molar-refractivity contribution in [3.63, 3.8) is 0 Å². The molecule has 0 bridgehead atoms. The molecule has 1 aromatic heterocycles. The van der Waals surface area contributed by atoms with Crippen LogP contribution >= 0.6 is 11.3 Å². The summed E-state index contributed by atoms with van der Waals surface area (Å²) in [7, 11) is 0. The van der Waals surface area contributed by atoms with Gasteiger partial charge >= 0.3 is 0 Å². The Hall–Kier alpha value is -0.860. The number of hydrogen-bond donors (Lipinski definition) is 1. The van der Waals surface area contributed by atoms with Crippen molar-refractivity contribution in [2.45, 2.75) is 5.92 Å². The van der Waals surface area contributed by atoms with E-state index in [2.05, 4.69) is 35.0 Å². The van der Waals surface area contributed by atoms with Crippen LogP contribution in [0.5, 0.6) is 0 Å². The third-order valence-electron chi connectivity index (χ3n) is 2.73. The highest BCUT2D eigenvalue weighted by Gasteiger charge is 2.18. The van der Waals surface area contributed by atoms with Crippen LogP contribution in [0, 0.1) is 0 Å². The molecule has 2 aromatic rings. The predicted octanol–water partition coefficient (Wildman–Crippen LogP) is 2.59. The monoisotopic (exact) mass is 189 g/mol. The van der Waals surface area contributed by atoms with E-state index in [0.29, 0.717) is 0 Å². The summed E-state index contributed by atoms with van der Waals surface area (Å²) in [6, 6.07) is 9.02. The number of nitrogens with one attached hydrogen (secondary N) is 1. The topological polar surface area (TPSA) is 12.0 Å². The minimum absolute atomic E-state index is 0.756. The minimum Gasteiger partial charge on any atom is -0.315 e. The minimum atomic E-state index is 0.756. The SMILES string of the molecule is c1cc2ccc(C3CNC3)cc2s1. The summed E-state index contributed by atoms with van der Waals surface area (Å²) < 4.78 is 1.42. The molecule has 2 heteroatoms. The fourth-order valence-corrected chi connectivity index (χ4v) is 2.59. The lowest BCUT2D eigenvalue weighted by molar-refractivity contribution is 0.449. The summed E-state index contributed by atoms with van der Waals surface area (Å²) in [6.45, 7) is 2.30. The largest absolute Gasteiger partial charge is 0.315 e. The van der Waals surface area contributed by atoms with Crippen LogP contribution in [0.15, 0.2) is 29.6 Å². The molecule has 1 nitrogen and oxygen atoms in total. The van der Waals surface area contributed by atoms with Crippen molar-refractivity contribution < 1.29 is 0 Å². The fourth-order valence-electron chi connectivity index (χ4n) is 1.75. The summed E-state index contributed by atoms with van der Waals surface area (Å²) in [5, 5.41) is 6.84. The molecule has 1 aliphatic rings. The van der Waals surface area contributed by atoms with E-state index >= 15 is 0 Å². The molecular formula is C11H11NS. The van der Waals surface area contributed by atoms with Gasteiger partial charge in [0, 0.05) is 23.7 Å². The molecule has 1 aliphatic heterocycles. The van der Waals surface area contributed by atoms with Crippen molar-refractivity contribution in [2.24, 2.45) is 0 Å². The van der Waals surface area contributed by atoms with Gasteiger partial charge in [0.25, 0.3) is 0 Å². The summed E-state index contributed by atoms with van der Waals surface area (Å²) in [5.74, 6) is 0.756. The van der Waals surface area contributed by atoms with Crippen LogP contribution in [0.25, 0.3) is 10.1 Å². The lowest BCUT2D eigenvalue weighted by atomic mass is 9.93. The first-order valence-corrected chi connectivity index (χ1v) is 5.49. The fraction of sp³-hybridized carbons (Fsp3) is 0.273. The maximum absolute atomic E-state index is 3.30. The summed E-state index contributed by atoms with van der Waals surface area (Å²) in [6.07, 6.45) is 0. The van der Waals surface area contributed by atoms with Crippen molar-refractivity contribution in [1.82, 2.24) is 5.32 Å². The van der Waals surface area contributed by atoms with Gasteiger partial charge in [0.2, 0.25) is 0 Å². The van der Waals surface area contributed by atoms with E-state index < -0.39 is 0 Å². The van der Waals surface area contributed by atoms with E-state index in [9.17, 15) is 0 Å². The molecule has 3 rings (SSSR count). The number of benzene rings is 1. The van der Waals surface area contributed by atoms with Gasteiger partial charge in [-0.25, -0.2) is 0 Å². The molecule has 1 fully saturated rings. The van der Waals surface area contributed by atoms with E-state index in [1.165, 1.54) is 15.6 Å². The first-order valence-electron chi connectivity index (χ1n) is 4.61. The smallest absolute Gasteiger partial charge is 0.0345 e. The van der Waals surface area contributed by atoms with Gasteiger partial charge in [-0.3, -0.25) is 0 Å². The molecular weight excluding hydrogens is 178 g/mol. The van der Waals surface area contributed by atoms with Gasteiger partial charge in [0.1, 0.15) is 0 Å². The van der Waals surface area contributed by atoms with Gasteiger partial charge in [0.05, 0.1) is 0 Å². The number of hydrogen-bond acceptors (Lipinski definition) is 2. The van der Waals surface area contributed by atoms with Crippen LogP contribution < -0.4 is 5.32 Å². The highest BCUT2D eigenvalue weighted by atomic mass is 32.1. The Bertz CT molecular complexity index is 428. The predicted molar refractivity (Wildman–Crippen MR) is 57.4 cm³/mol. The average molecular weight is 189 g/mol. The van der Waals surface area contributed by atoms with Gasteiger partial charge in [-0.2, -0.15) is 0 Å². The Morgan fingerprint density at radius 2 is 2.15 bits per heavy atom. The zero-order chi connectivity index (χ0) is 8.67. The van der Waals surface area contributed by atoms with Crippen LogP contribution in [0.3, 0.4) is 0 Å². The van der Waals surface area contributed by atoms with Crippen LogP contribution in [0.1, 0.15) is 11.5 Å². The highest BCUT2D eigenvalue weighted by Crippen LogP contribution is 2.27. The highest BCUT2D eigenvalue weighted by molar-refractivity contribution is 7.17. The molecule has 2 heterocycles. The molecule has 0 radical (unpaired) electrons. The van der Waals surface area contributed by atoms with Gasteiger partial charge in [0.15, 0.2) is 0 Å². The lowest BCUT2D eigenvalue weighted by Crippen LogP contribution is -2.39.